The van der Waals surface area contributed by atoms with Gasteiger partial charge in [0.2, 0.25) is 0 Å². The minimum Gasteiger partial charge on any atom is -0.378 e. The van der Waals surface area contributed by atoms with E-state index < -0.39 is 0 Å². The van der Waals surface area contributed by atoms with E-state index in [2.05, 4.69) is 41.1 Å². The number of rotatable bonds is 5. The van der Waals surface area contributed by atoms with Gasteiger partial charge in [-0.05, 0) is 55.4 Å². The van der Waals surface area contributed by atoms with Crippen LogP contribution in [0.25, 0.3) is 0 Å². The normalized spacial score (nSPS) is 14.9. The lowest BCUT2D eigenvalue weighted by Gasteiger charge is -2.35. The highest BCUT2D eigenvalue weighted by molar-refractivity contribution is 6.05. The zero-order valence-electron chi connectivity index (χ0n) is 16.8. The lowest BCUT2D eigenvalue weighted by Crippen LogP contribution is -2.46. The van der Waals surface area contributed by atoms with Crippen LogP contribution < -0.4 is 15.1 Å². The molecule has 0 aromatic heterocycles. The van der Waals surface area contributed by atoms with Gasteiger partial charge in [-0.2, -0.15) is 0 Å². The van der Waals surface area contributed by atoms with Crippen LogP contribution in [0.15, 0.2) is 42.5 Å². The number of nitrogens with zero attached hydrogens (tertiary/aromatic N) is 3. The first kappa shape index (κ1) is 19.2. The Balaban J connectivity index is 1.69. The Kier molecular flexibility index (Phi) is 6.01. The monoisotopic (exact) mass is 366 g/mol. The Hall–Kier alpha value is -2.53. The van der Waals surface area contributed by atoms with E-state index in [9.17, 15) is 4.79 Å². The van der Waals surface area contributed by atoms with E-state index in [1.165, 1.54) is 5.69 Å². The fourth-order valence-electron chi connectivity index (χ4n) is 3.43. The number of aryl methyl sites for hydroxylation is 1. The first-order valence-electron chi connectivity index (χ1n) is 9.64. The van der Waals surface area contributed by atoms with Gasteiger partial charge in [0.1, 0.15) is 0 Å². The van der Waals surface area contributed by atoms with Gasteiger partial charge >= 0.3 is 0 Å². The fourth-order valence-corrected chi connectivity index (χ4v) is 3.43. The molecule has 0 unspecified atom stereocenters. The van der Waals surface area contributed by atoms with Gasteiger partial charge in [-0.25, -0.2) is 0 Å². The zero-order chi connectivity index (χ0) is 19.4. The molecule has 1 amide bonds. The Morgan fingerprint density at radius 1 is 1.07 bits per heavy atom. The van der Waals surface area contributed by atoms with Crippen LogP contribution in [0, 0.1) is 6.92 Å². The molecule has 5 nitrogen and oxygen atoms in total. The Morgan fingerprint density at radius 2 is 1.81 bits per heavy atom. The van der Waals surface area contributed by atoms with Crippen molar-refractivity contribution in [2.24, 2.45) is 0 Å². The zero-order valence-corrected chi connectivity index (χ0v) is 16.8. The summed E-state index contributed by atoms with van der Waals surface area (Å²) in [7, 11) is 3.94. The molecule has 1 saturated heterocycles. The average molecular weight is 367 g/mol. The van der Waals surface area contributed by atoms with Gasteiger partial charge in [-0.15, -0.1) is 0 Å². The summed E-state index contributed by atoms with van der Waals surface area (Å²) < 4.78 is 0. The van der Waals surface area contributed by atoms with Crippen LogP contribution in [0.3, 0.4) is 0 Å². The van der Waals surface area contributed by atoms with Crippen molar-refractivity contribution in [2.75, 3.05) is 61.9 Å². The summed E-state index contributed by atoms with van der Waals surface area (Å²) in [5.74, 6) is -0.0777. The average Bonchev–Trinajstić information content (AvgIpc) is 2.69. The smallest absolute Gasteiger partial charge is 0.255 e. The molecule has 1 fully saturated rings. The third-order valence-electron chi connectivity index (χ3n) is 5.27. The minimum atomic E-state index is -0.0777. The van der Waals surface area contributed by atoms with Gasteiger partial charge in [-0.1, -0.05) is 13.0 Å². The van der Waals surface area contributed by atoms with Crippen LogP contribution in [-0.2, 0) is 0 Å². The summed E-state index contributed by atoms with van der Waals surface area (Å²) >= 11 is 0. The molecule has 0 bridgehead atoms. The van der Waals surface area contributed by atoms with Crippen molar-refractivity contribution in [1.29, 1.82) is 0 Å². The van der Waals surface area contributed by atoms with E-state index in [0.29, 0.717) is 5.56 Å². The van der Waals surface area contributed by atoms with Crippen LogP contribution >= 0.6 is 0 Å². The highest BCUT2D eigenvalue weighted by atomic mass is 16.1. The first-order chi connectivity index (χ1) is 13.0. The number of benzene rings is 2. The molecular formula is C22H30N4O. The van der Waals surface area contributed by atoms with E-state index in [4.69, 9.17) is 0 Å². The number of anilines is 3. The third kappa shape index (κ3) is 4.61. The predicted molar refractivity (Wildman–Crippen MR) is 114 cm³/mol. The molecular weight excluding hydrogens is 336 g/mol. The quantitative estimate of drug-likeness (QED) is 0.880. The molecule has 2 aromatic rings. The van der Waals surface area contributed by atoms with Crippen molar-refractivity contribution in [1.82, 2.24) is 4.90 Å². The Labute approximate surface area is 162 Å². The van der Waals surface area contributed by atoms with Gasteiger partial charge in [0.25, 0.3) is 5.91 Å². The highest BCUT2D eigenvalue weighted by Crippen LogP contribution is 2.24. The molecule has 1 aliphatic rings. The number of hydrogen-bond donors (Lipinski definition) is 1. The summed E-state index contributed by atoms with van der Waals surface area (Å²) in [6, 6.07) is 14.0. The number of carbonyl (C=O) groups excluding carboxylic acids is 1. The largest absolute Gasteiger partial charge is 0.378 e. The van der Waals surface area contributed by atoms with Gasteiger partial charge in [-0.3, -0.25) is 4.79 Å². The van der Waals surface area contributed by atoms with Gasteiger partial charge < -0.3 is 20.0 Å². The van der Waals surface area contributed by atoms with Crippen LogP contribution in [0.5, 0.6) is 0 Å². The molecule has 144 valence electrons. The molecule has 5 heteroatoms. The number of amides is 1. The van der Waals surface area contributed by atoms with Gasteiger partial charge in [0.05, 0.1) is 0 Å². The van der Waals surface area contributed by atoms with Crippen molar-refractivity contribution >= 4 is 23.0 Å². The molecule has 1 heterocycles. The second-order valence-corrected chi connectivity index (χ2v) is 7.32. The van der Waals surface area contributed by atoms with E-state index in [0.717, 1.165) is 49.7 Å². The highest BCUT2D eigenvalue weighted by Gasteiger charge is 2.17. The van der Waals surface area contributed by atoms with E-state index in [1.807, 2.05) is 49.3 Å². The van der Waals surface area contributed by atoms with Crippen molar-refractivity contribution in [3.63, 3.8) is 0 Å². The molecule has 27 heavy (non-hydrogen) atoms. The molecule has 2 aromatic carbocycles. The number of hydrogen-bond acceptors (Lipinski definition) is 4. The van der Waals surface area contributed by atoms with Crippen LogP contribution in [0.4, 0.5) is 17.1 Å². The van der Waals surface area contributed by atoms with Crippen molar-refractivity contribution in [3.05, 3.63) is 53.6 Å². The molecule has 1 aliphatic heterocycles. The van der Waals surface area contributed by atoms with E-state index >= 15 is 0 Å². The lowest BCUT2D eigenvalue weighted by atomic mass is 10.1. The summed E-state index contributed by atoms with van der Waals surface area (Å²) in [5, 5.41) is 3.05. The number of piperazine rings is 1. The lowest BCUT2D eigenvalue weighted by molar-refractivity contribution is 0.102. The van der Waals surface area contributed by atoms with Crippen LogP contribution in [0.1, 0.15) is 22.8 Å². The van der Waals surface area contributed by atoms with Gasteiger partial charge in [0, 0.05) is 62.9 Å². The second kappa shape index (κ2) is 8.44. The van der Waals surface area contributed by atoms with Crippen molar-refractivity contribution < 1.29 is 4.79 Å². The van der Waals surface area contributed by atoms with E-state index in [1.54, 1.807) is 0 Å². The minimum absolute atomic E-state index is 0.0777. The number of likely N-dealkylation sites (N-methyl/N-ethyl adjacent to an activating group) is 1. The summed E-state index contributed by atoms with van der Waals surface area (Å²) in [6.45, 7) is 9.70. The number of carbonyl (C=O) groups is 1. The third-order valence-corrected chi connectivity index (χ3v) is 5.27. The Morgan fingerprint density at radius 3 is 2.44 bits per heavy atom. The molecule has 3 rings (SSSR count). The predicted octanol–water partition coefficient (Wildman–Crippen LogP) is 3.46. The van der Waals surface area contributed by atoms with Crippen LogP contribution in [0.2, 0.25) is 0 Å². The first-order valence-corrected chi connectivity index (χ1v) is 9.64. The topological polar surface area (TPSA) is 38.8 Å². The fraction of sp³-hybridized carbons (Fsp3) is 0.409. The molecule has 0 radical (unpaired) electrons. The molecule has 0 spiro atoms. The molecule has 0 atom stereocenters. The second-order valence-electron chi connectivity index (χ2n) is 7.32. The van der Waals surface area contributed by atoms with Crippen molar-refractivity contribution in [3.8, 4) is 0 Å². The SMILES string of the molecule is CCN1CCN(c2ccc(NC(=O)c3cccc(N(C)C)c3)c(C)c2)CC1. The Bertz CT molecular complexity index is 795. The molecule has 0 saturated carbocycles. The van der Waals surface area contributed by atoms with Gasteiger partial charge in [0.15, 0.2) is 0 Å². The summed E-state index contributed by atoms with van der Waals surface area (Å²) in [5.41, 5.74) is 4.87. The summed E-state index contributed by atoms with van der Waals surface area (Å²) in [6.07, 6.45) is 0. The maximum Gasteiger partial charge on any atom is 0.255 e. The molecule has 0 aliphatic carbocycles. The maximum absolute atomic E-state index is 12.7. The summed E-state index contributed by atoms with van der Waals surface area (Å²) in [4.78, 5) is 19.5. The maximum atomic E-state index is 12.7. The molecule has 1 N–H and O–H groups in total. The van der Waals surface area contributed by atoms with E-state index in [-0.39, 0.29) is 5.91 Å². The van der Waals surface area contributed by atoms with Crippen LogP contribution in [-0.4, -0.2) is 57.6 Å². The van der Waals surface area contributed by atoms with Crippen molar-refractivity contribution in [2.45, 2.75) is 13.8 Å². The number of nitrogens with one attached hydrogen (secondary N) is 1. The standard InChI is InChI=1S/C22H30N4O/c1-5-25-11-13-26(14-12-25)20-9-10-21(17(2)15-20)23-22(27)18-7-6-8-19(16-18)24(3)4/h6-10,15-16H,5,11-14H2,1-4H3,(H,23,27).